The van der Waals surface area contributed by atoms with Crippen LogP contribution >= 0.6 is 0 Å². The standard InChI is InChI=1S/C29H24N4O2/c1-35-24-13-7-12-22(16-24)25-17-27(29(34)32-15-14-20-8-5-6-11-23(20)19-32)33-28(30-25)18-26(31-33)21-9-3-2-4-10-21/h2-13,16-18H,14-15,19H2,1H3. The van der Waals surface area contributed by atoms with Crippen LogP contribution in [0.2, 0.25) is 0 Å². The van der Waals surface area contributed by atoms with Gasteiger partial charge in [0.1, 0.15) is 11.4 Å². The fourth-order valence-electron chi connectivity index (χ4n) is 4.64. The van der Waals surface area contributed by atoms with Crippen molar-refractivity contribution in [2.45, 2.75) is 13.0 Å². The Hall–Kier alpha value is -4.45. The first-order valence-corrected chi connectivity index (χ1v) is 11.7. The van der Waals surface area contributed by atoms with Gasteiger partial charge in [0.05, 0.1) is 18.5 Å². The molecule has 0 N–H and O–H groups in total. The molecule has 0 saturated heterocycles. The highest BCUT2D eigenvalue weighted by Crippen LogP contribution is 2.28. The number of hydrogen-bond donors (Lipinski definition) is 0. The molecule has 0 spiro atoms. The highest BCUT2D eigenvalue weighted by molar-refractivity contribution is 5.94. The van der Waals surface area contributed by atoms with Gasteiger partial charge < -0.3 is 9.64 Å². The number of rotatable bonds is 4. The van der Waals surface area contributed by atoms with Crippen molar-refractivity contribution >= 4 is 11.6 Å². The van der Waals surface area contributed by atoms with E-state index in [2.05, 4.69) is 18.2 Å². The summed E-state index contributed by atoms with van der Waals surface area (Å²) in [6.07, 6.45) is 0.841. The van der Waals surface area contributed by atoms with E-state index in [-0.39, 0.29) is 5.91 Å². The monoisotopic (exact) mass is 460 g/mol. The van der Waals surface area contributed by atoms with Crippen molar-refractivity contribution in [3.63, 3.8) is 0 Å². The third-order valence-corrected chi connectivity index (χ3v) is 6.50. The number of methoxy groups -OCH3 is 1. The summed E-state index contributed by atoms with van der Waals surface area (Å²) in [6.45, 7) is 1.25. The molecular weight excluding hydrogens is 436 g/mol. The van der Waals surface area contributed by atoms with Gasteiger partial charge in [0.15, 0.2) is 5.65 Å². The molecule has 0 radical (unpaired) electrons. The Morgan fingerprint density at radius 1 is 0.829 bits per heavy atom. The number of nitrogens with zero attached hydrogens (tertiary/aromatic N) is 4. The smallest absolute Gasteiger partial charge is 0.272 e. The van der Waals surface area contributed by atoms with Crippen LogP contribution in [0.25, 0.3) is 28.2 Å². The third kappa shape index (κ3) is 3.93. The number of benzene rings is 3. The molecule has 0 atom stereocenters. The first kappa shape index (κ1) is 21.1. The lowest BCUT2D eigenvalue weighted by atomic mass is 9.99. The predicted octanol–water partition coefficient (Wildman–Crippen LogP) is 5.27. The average Bonchev–Trinajstić information content (AvgIpc) is 3.37. The van der Waals surface area contributed by atoms with Crippen molar-refractivity contribution in [3.05, 3.63) is 108 Å². The zero-order chi connectivity index (χ0) is 23.8. The molecule has 1 amide bonds. The average molecular weight is 461 g/mol. The van der Waals surface area contributed by atoms with E-state index in [0.717, 1.165) is 29.0 Å². The summed E-state index contributed by atoms with van der Waals surface area (Å²) in [5.41, 5.74) is 6.96. The quantitative estimate of drug-likeness (QED) is 0.367. The first-order chi connectivity index (χ1) is 17.2. The van der Waals surface area contributed by atoms with Gasteiger partial charge in [0.25, 0.3) is 5.91 Å². The lowest BCUT2D eigenvalue weighted by Gasteiger charge is -2.29. The van der Waals surface area contributed by atoms with Crippen molar-refractivity contribution in [1.82, 2.24) is 19.5 Å². The molecule has 3 aromatic carbocycles. The maximum Gasteiger partial charge on any atom is 0.272 e. The molecule has 6 nitrogen and oxygen atoms in total. The van der Waals surface area contributed by atoms with E-state index >= 15 is 0 Å². The van der Waals surface area contributed by atoms with E-state index in [1.807, 2.05) is 77.7 Å². The molecule has 5 aromatic rings. The van der Waals surface area contributed by atoms with Crippen LogP contribution in [0.4, 0.5) is 0 Å². The Labute approximate surface area is 203 Å². The molecule has 6 heteroatoms. The molecule has 0 bridgehead atoms. The van der Waals surface area contributed by atoms with Crippen LogP contribution in [0.1, 0.15) is 21.6 Å². The minimum atomic E-state index is -0.0567. The summed E-state index contributed by atoms with van der Waals surface area (Å²) in [4.78, 5) is 20.7. The first-order valence-electron chi connectivity index (χ1n) is 11.7. The maximum atomic E-state index is 13.9. The molecule has 6 rings (SSSR count). The summed E-state index contributed by atoms with van der Waals surface area (Å²) in [5.74, 6) is 0.682. The van der Waals surface area contributed by atoms with Crippen LogP contribution in [-0.2, 0) is 13.0 Å². The maximum absolute atomic E-state index is 13.9. The topological polar surface area (TPSA) is 59.7 Å². The van der Waals surface area contributed by atoms with Crippen molar-refractivity contribution in [3.8, 4) is 28.3 Å². The molecule has 1 aliphatic heterocycles. The summed E-state index contributed by atoms with van der Waals surface area (Å²) < 4.78 is 7.09. The molecule has 3 heterocycles. The molecule has 0 aliphatic carbocycles. The molecule has 172 valence electrons. The molecular formula is C29H24N4O2. The lowest BCUT2D eigenvalue weighted by Crippen LogP contribution is -2.37. The van der Waals surface area contributed by atoms with Gasteiger partial charge in [-0.15, -0.1) is 0 Å². The van der Waals surface area contributed by atoms with Crippen molar-refractivity contribution in [2.75, 3.05) is 13.7 Å². The number of amides is 1. The second-order valence-corrected chi connectivity index (χ2v) is 8.67. The van der Waals surface area contributed by atoms with Gasteiger partial charge in [-0.3, -0.25) is 4.79 Å². The number of hydrogen-bond acceptors (Lipinski definition) is 4. The van der Waals surface area contributed by atoms with Gasteiger partial charge in [-0.1, -0.05) is 66.7 Å². The van der Waals surface area contributed by atoms with Crippen molar-refractivity contribution < 1.29 is 9.53 Å². The number of carbonyl (C=O) groups excluding carboxylic acids is 1. The van der Waals surface area contributed by atoms with Crippen LogP contribution in [0.15, 0.2) is 91.0 Å². The SMILES string of the molecule is COc1cccc(-c2cc(C(=O)N3CCc4ccccc4C3)n3nc(-c4ccccc4)cc3n2)c1. The minimum Gasteiger partial charge on any atom is -0.497 e. The summed E-state index contributed by atoms with van der Waals surface area (Å²) >= 11 is 0. The number of carbonyl (C=O) groups is 1. The Morgan fingerprint density at radius 3 is 2.43 bits per heavy atom. The summed E-state index contributed by atoms with van der Waals surface area (Å²) in [5, 5.41) is 4.79. The van der Waals surface area contributed by atoms with E-state index in [0.29, 0.717) is 30.1 Å². The molecule has 1 aliphatic rings. The molecule has 0 unspecified atom stereocenters. The van der Waals surface area contributed by atoms with Gasteiger partial charge in [-0.25, -0.2) is 9.50 Å². The zero-order valence-electron chi connectivity index (χ0n) is 19.4. The van der Waals surface area contributed by atoms with E-state index in [9.17, 15) is 4.79 Å². The van der Waals surface area contributed by atoms with Gasteiger partial charge in [-0.2, -0.15) is 5.10 Å². The van der Waals surface area contributed by atoms with Crippen LogP contribution in [0.3, 0.4) is 0 Å². The number of aromatic nitrogens is 3. The van der Waals surface area contributed by atoms with Crippen LogP contribution in [0.5, 0.6) is 5.75 Å². The Bertz CT molecular complexity index is 1540. The van der Waals surface area contributed by atoms with E-state index < -0.39 is 0 Å². The van der Waals surface area contributed by atoms with E-state index in [1.165, 1.54) is 11.1 Å². The molecule has 0 saturated carbocycles. The Balaban J connectivity index is 1.48. The molecule has 2 aromatic heterocycles. The van der Waals surface area contributed by atoms with Gasteiger partial charge in [-0.05, 0) is 35.7 Å². The minimum absolute atomic E-state index is 0.0567. The fourth-order valence-corrected chi connectivity index (χ4v) is 4.64. The van der Waals surface area contributed by atoms with Gasteiger partial charge in [0, 0.05) is 30.3 Å². The highest BCUT2D eigenvalue weighted by atomic mass is 16.5. The van der Waals surface area contributed by atoms with Crippen molar-refractivity contribution in [2.24, 2.45) is 0 Å². The second kappa shape index (κ2) is 8.72. The van der Waals surface area contributed by atoms with Crippen molar-refractivity contribution in [1.29, 1.82) is 0 Å². The Kier molecular flexibility index (Phi) is 5.26. The van der Waals surface area contributed by atoms with E-state index in [1.54, 1.807) is 11.6 Å². The lowest BCUT2D eigenvalue weighted by molar-refractivity contribution is 0.0725. The molecule has 0 fully saturated rings. The third-order valence-electron chi connectivity index (χ3n) is 6.50. The largest absolute Gasteiger partial charge is 0.497 e. The summed E-state index contributed by atoms with van der Waals surface area (Å²) in [6, 6.07) is 29.8. The zero-order valence-corrected chi connectivity index (χ0v) is 19.4. The highest BCUT2D eigenvalue weighted by Gasteiger charge is 2.25. The number of ether oxygens (including phenoxy) is 1. The Morgan fingerprint density at radius 2 is 1.60 bits per heavy atom. The van der Waals surface area contributed by atoms with Crippen LogP contribution in [-0.4, -0.2) is 39.1 Å². The predicted molar refractivity (Wildman–Crippen MR) is 135 cm³/mol. The van der Waals surface area contributed by atoms with Crippen LogP contribution < -0.4 is 4.74 Å². The van der Waals surface area contributed by atoms with Gasteiger partial charge >= 0.3 is 0 Å². The second-order valence-electron chi connectivity index (χ2n) is 8.67. The molecule has 35 heavy (non-hydrogen) atoms. The van der Waals surface area contributed by atoms with Gasteiger partial charge in [0.2, 0.25) is 0 Å². The number of fused-ring (bicyclic) bond motifs is 2. The summed E-state index contributed by atoms with van der Waals surface area (Å²) in [7, 11) is 1.64. The fraction of sp³-hybridized carbons (Fsp3) is 0.138. The van der Waals surface area contributed by atoms with E-state index in [4.69, 9.17) is 14.8 Å². The normalized spacial score (nSPS) is 13.0. The van der Waals surface area contributed by atoms with Crippen LogP contribution in [0, 0.1) is 0 Å².